The van der Waals surface area contributed by atoms with Crippen molar-refractivity contribution in [2.75, 3.05) is 0 Å². The standard InChI is InChI=1S/C26H17F3NS.C11H8N.Ir/c1-15-8-9-24-20(10-15)21-11-16(2)18(13-25(21)31-24)23-12-19(17-6-4-3-5-7-17)22(14-30-23)26(27,28)29;1-2-6-10(7-3-1)11-8-4-5-9-12-11;/h3-12,14H,1-2H3;1-6,8-9H;/q2*-1;. The van der Waals surface area contributed by atoms with Gasteiger partial charge in [-0.2, -0.15) is 24.5 Å². The van der Waals surface area contributed by atoms with E-state index in [4.69, 9.17) is 0 Å². The minimum Gasteiger partial charge on any atom is -0.305 e. The predicted octanol–water partition coefficient (Wildman–Crippen LogP) is 10.8. The number of benzene rings is 4. The molecular formula is C37H25F3IrN2S-2. The summed E-state index contributed by atoms with van der Waals surface area (Å²) in [6.45, 7) is 4.01. The number of fused-ring (bicyclic) bond motifs is 3. The van der Waals surface area contributed by atoms with Crippen LogP contribution in [0.5, 0.6) is 0 Å². The van der Waals surface area contributed by atoms with Gasteiger partial charge in [0.1, 0.15) is 0 Å². The van der Waals surface area contributed by atoms with Gasteiger partial charge in [-0.1, -0.05) is 78.5 Å². The fraction of sp³-hybridized carbons (Fsp3) is 0.0811. The minimum atomic E-state index is -4.48. The van der Waals surface area contributed by atoms with E-state index in [0.717, 1.165) is 38.7 Å². The Morgan fingerprint density at radius 3 is 2.23 bits per heavy atom. The fourth-order valence-corrected chi connectivity index (χ4v) is 6.05. The first-order valence-corrected chi connectivity index (χ1v) is 14.5. The van der Waals surface area contributed by atoms with Crippen LogP contribution in [0.4, 0.5) is 13.2 Å². The van der Waals surface area contributed by atoms with Gasteiger partial charge in [0, 0.05) is 37.2 Å². The first kappa shape index (κ1) is 31.3. The molecule has 7 rings (SSSR count). The van der Waals surface area contributed by atoms with E-state index in [0.29, 0.717) is 11.3 Å². The Labute approximate surface area is 271 Å². The summed E-state index contributed by atoms with van der Waals surface area (Å²) in [7, 11) is 0. The molecule has 44 heavy (non-hydrogen) atoms. The van der Waals surface area contributed by atoms with Gasteiger partial charge < -0.3 is 9.97 Å². The van der Waals surface area contributed by atoms with Crippen molar-refractivity contribution in [2.24, 2.45) is 0 Å². The summed E-state index contributed by atoms with van der Waals surface area (Å²) in [6.07, 6.45) is -1.76. The molecule has 0 fully saturated rings. The largest absolute Gasteiger partial charge is 0.418 e. The summed E-state index contributed by atoms with van der Waals surface area (Å²) in [4.78, 5) is 8.41. The molecule has 7 heteroatoms. The zero-order valence-corrected chi connectivity index (χ0v) is 27.0. The fourth-order valence-electron chi connectivity index (χ4n) is 4.98. The van der Waals surface area contributed by atoms with Crippen LogP contribution < -0.4 is 0 Å². The second kappa shape index (κ2) is 13.2. The normalized spacial score (nSPS) is 11.1. The van der Waals surface area contributed by atoms with Crippen molar-refractivity contribution in [3.8, 4) is 33.6 Å². The van der Waals surface area contributed by atoms with Gasteiger partial charge in [-0.3, -0.25) is 0 Å². The molecule has 0 amide bonds. The van der Waals surface area contributed by atoms with Gasteiger partial charge in [-0.15, -0.1) is 59.2 Å². The smallest absolute Gasteiger partial charge is 0.305 e. The predicted molar refractivity (Wildman–Crippen MR) is 170 cm³/mol. The first-order valence-electron chi connectivity index (χ1n) is 13.6. The average Bonchev–Trinajstić information content (AvgIpc) is 3.38. The third kappa shape index (κ3) is 6.66. The number of hydrogen-bond donors (Lipinski definition) is 0. The Bertz CT molecular complexity index is 1990. The monoisotopic (exact) mass is 779 g/mol. The van der Waals surface area contributed by atoms with Crippen LogP contribution in [-0.4, -0.2) is 9.97 Å². The van der Waals surface area contributed by atoms with Crippen LogP contribution in [0.15, 0.2) is 116 Å². The number of aryl methyl sites for hydroxylation is 2. The molecule has 2 nitrogen and oxygen atoms in total. The average molecular weight is 779 g/mol. The van der Waals surface area contributed by atoms with Gasteiger partial charge in [0.15, 0.2) is 0 Å². The van der Waals surface area contributed by atoms with Crippen molar-refractivity contribution in [1.82, 2.24) is 9.97 Å². The molecule has 0 saturated heterocycles. The Hall–Kier alpha value is -4.16. The summed E-state index contributed by atoms with van der Waals surface area (Å²) in [5.41, 5.74) is 5.23. The van der Waals surface area contributed by atoms with Crippen LogP contribution in [-0.2, 0) is 26.3 Å². The van der Waals surface area contributed by atoms with Gasteiger partial charge in [0.25, 0.3) is 0 Å². The van der Waals surface area contributed by atoms with Crippen molar-refractivity contribution >= 4 is 31.5 Å². The zero-order chi connectivity index (χ0) is 30.0. The molecule has 0 aliphatic rings. The van der Waals surface area contributed by atoms with Gasteiger partial charge >= 0.3 is 6.18 Å². The van der Waals surface area contributed by atoms with E-state index in [1.54, 1.807) is 47.9 Å². The maximum atomic E-state index is 13.7. The summed E-state index contributed by atoms with van der Waals surface area (Å²) < 4.78 is 43.1. The maximum absolute atomic E-state index is 13.7. The van der Waals surface area contributed by atoms with Gasteiger partial charge in [0.05, 0.1) is 5.56 Å². The number of aromatic nitrogens is 2. The van der Waals surface area contributed by atoms with Crippen LogP contribution in [0.25, 0.3) is 53.8 Å². The molecule has 0 atom stereocenters. The van der Waals surface area contributed by atoms with Crippen molar-refractivity contribution < 1.29 is 33.3 Å². The molecule has 3 heterocycles. The topological polar surface area (TPSA) is 25.8 Å². The number of alkyl halides is 3. The van der Waals surface area contributed by atoms with Crippen LogP contribution in [0.3, 0.4) is 0 Å². The van der Waals surface area contributed by atoms with E-state index in [9.17, 15) is 13.2 Å². The quantitative estimate of drug-likeness (QED) is 0.167. The summed E-state index contributed by atoms with van der Waals surface area (Å²) in [5, 5.41) is 2.29. The molecule has 7 aromatic rings. The Morgan fingerprint density at radius 2 is 1.52 bits per heavy atom. The Morgan fingerprint density at radius 1 is 0.750 bits per heavy atom. The van der Waals surface area contributed by atoms with E-state index in [1.165, 1.54) is 21.7 Å². The van der Waals surface area contributed by atoms with E-state index in [-0.39, 0.29) is 25.7 Å². The number of hydrogen-bond acceptors (Lipinski definition) is 3. The van der Waals surface area contributed by atoms with E-state index < -0.39 is 11.7 Å². The molecular weight excluding hydrogens is 754 g/mol. The van der Waals surface area contributed by atoms with E-state index in [1.807, 2.05) is 49.4 Å². The SMILES string of the molecule is Cc1ccc2sc3[c-]c(-c4cc(-c5ccccc5)c(C(F)(F)F)cn4)c(C)cc3c2c1.[Ir].[c-]1ccccc1-c1ccccn1. The number of halogens is 3. The minimum absolute atomic E-state index is 0. The van der Waals surface area contributed by atoms with Gasteiger partial charge in [-0.05, 0) is 51.7 Å². The van der Waals surface area contributed by atoms with Crippen molar-refractivity contribution in [3.05, 3.63) is 144 Å². The van der Waals surface area contributed by atoms with Gasteiger partial charge in [-0.25, -0.2) is 0 Å². The van der Waals surface area contributed by atoms with Crippen LogP contribution in [0, 0.1) is 26.0 Å². The number of nitrogens with zero attached hydrogens (tertiary/aromatic N) is 2. The second-order valence-corrected chi connectivity index (χ2v) is 11.2. The summed E-state index contributed by atoms with van der Waals surface area (Å²) in [6, 6.07) is 38.8. The molecule has 4 aromatic carbocycles. The Kier molecular flexibility index (Phi) is 9.40. The molecule has 0 bridgehead atoms. The number of thiophene rings is 1. The summed E-state index contributed by atoms with van der Waals surface area (Å²) >= 11 is 1.63. The maximum Gasteiger partial charge on any atom is 0.418 e. The molecule has 0 saturated carbocycles. The van der Waals surface area contributed by atoms with Crippen molar-refractivity contribution in [3.63, 3.8) is 0 Å². The third-order valence-corrected chi connectivity index (χ3v) is 8.18. The summed E-state index contributed by atoms with van der Waals surface area (Å²) in [5.74, 6) is 0. The molecule has 0 unspecified atom stereocenters. The molecule has 0 N–H and O–H groups in total. The molecule has 221 valence electrons. The molecule has 1 radical (unpaired) electrons. The molecule has 0 aliphatic carbocycles. The Balaban J connectivity index is 0.000000248. The van der Waals surface area contributed by atoms with Crippen LogP contribution in [0.2, 0.25) is 0 Å². The van der Waals surface area contributed by atoms with E-state index >= 15 is 0 Å². The molecule has 0 spiro atoms. The van der Waals surface area contributed by atoms with Gasteiger partial charge in [0.2, 0.25) is 0 Å². The second-order valence-electron chi connectivity index (χ2n) is 10.1. The first-order chi connectivity index (χ1) is 20.8. The zero-order valence-electron chi connectivity index (χ0n) is 23.7. The molecule has 3 aromatic heterocycles. The number of pyridine rings is 2. The molecule has 0 aliphatic heterocycles. The van der Waals surface area contributed by atoms with Crippen LogP contribution in [0.1, 0.15) is 16.7 Å². The van der Waals surface area contributed by atoms with Crippen molar-refractivity contribution in [1.29, 1.82) is 0 Å². The van der Waals surface area contributed by atoms with Crippen molar-refractivity contribution in [2.45, 2.75) is 20.0 Å². The van der Waals surface area contributed by atoms with Crippen LogP contribution >= 0.6 is 11.3 Å². The third-order valence-electron chi connectivity index (χ3n) is 7.08. The number of rotatable bonds is 3. The van der Waals surface area contributed by atoms with E-state index in [2.05, 4.69) is 53.3 Å².